The summed E-state index contributed by atoms with van der Waals surface area (Å²) in [5, 5.41) is 9.32. The van der Waals surface area contributed by atoms with Crippen molar-refractivity contribution in [1.29, 1.82) is 0 Å². The molecule has 21 heavy (non-hydrogen) atoms. The van der Waals surface area contributed by atoms with Gasteiger partial charge in [0.15, 0.2) is 15.0 Å². The Morgan fingerprint density at radius 3 is 2.33 bits per heavy atom. The van der Waals surface area contributed by atoms with Crippen LogP contribution in [-0.2, 0) is 9.84 Å². The van der Waals surface area contributed by atoms with E-state index in [9.17, 15) is 13.2 Å². The number of carboxylic acids is 1. The Morgan fingerprint density at radius 2 is 1.86 bits per heavy atom. The molecule has 0 bridgehead atoms. The van der Waals surface area contributed by atoms with Gasteiger partial charge >= 0.3 is 5.97 Å². The van der Waals surface area contributed by atoms with Crippen LogP contribution in [0.1, 0.15) is 16.1 Å². The normalized spacial score (nSPS) is 11.3. The highest BCUT2D eigenvalue weighted by molar-refractivity contribution is 7.99. The van der Waals surface area contributed by atoms with Gasteiger partial charge in [-0.05, 0) is 43.0 Å². The average molecular weight is 324 g/mol. The zero-order valence-corrected chi connectivity index (χ0v) is 12.9. The first-order valence-electron chi connectivity index (χ1n) is 5.82. The number of rotatable bonds is 4. The zero-order chi connectivity index (χ0) is 15.6. The minimum atomic E-state index is -3.22. The third-order valence-electron chi connectivity index (χ3n) is 2.65. The number of aromatic carboxylic acids is 1. The molecule has 0 radical (unpaired) electrons. The van der Waals surface area contributed by atoms with Crippen molar-refractivity contribution in [2.45, 2.75) is 21.9 Å². The van der Waals surface area contributed by atoms with E-state index in [1.54, 1.807) is 19.1 Å². The Balaban J connectivity index is 2.23. The van der Waals surface area contributed by atoms with Crippen LogP contribution in [0.5, 0.6) is 0 Å². The van der Waals surface area contributed by atoms with E-state index in [0.29, 0.717) is 10.9 Å². The Hall–Kier alpha value is -1.93. The predicted molar refractivity (Wildman–Crippen MR) is 77.4 cm³/mol. The maximum absolute atomic E-state index is 11.4. The molecular weight excluding hydrogens is 312 g/mol. The van der Waals surface area contributed by atoms with Gasteiger partial charge in [0.2, 0.25) is 0 Å². The fourth-order valence-electron chi connectivity index (χ4n) is 1.57. The molecule has 0 aliphatic rings. The molecular formula is C13H12N2O4S2. The summed E-state index contributed by atoms with van der Waals surface area (Å²) in [4.78, 5) is 20.0. The summed E-state index contributed by atoms with van der Waals surface area (Å²) in [5.74, 6) is -1.07. The molecule has 0 saturated carbocycles. The molecule has 2 rings (SSSR count). The Labute approximate surface area is 126 Å². The van der Waals surface area contributed by atoms with Crippen molar-refractivity contribution in [1.82, 2.24) is 9.97 Å². The van der Waals surface area contributed by atoms with Gasteiger partial charge in [-0.1, -0.05) is 0 Å². The van der Waals surface area contributed by atoms with Crippen LogP contribution in [0.25, 0.3) is 0 Å². The van der Waals surface area contributed by atoms with Gasteiger partial charge in [0.05, 0.1) is 16.2 Å². The molecule has 1 aromatic carbocycles. The van der Waals surface area contributed by atoms with Gasteiger partial charge in [-0.3, -0.25) is 0 Å². The number of sulfone groups is 1. The van der Waals surface area contributed by atoms with Gasteiger partial charge in [-0.15, -0.1) is 0 Å². The molecule has 0 fully saturated rings. The van der Waals surface area contributed by atoms with E-state index < -0.39 is 15.8 Å². The van der Waals surface area contributed by atoms with Crippen molar-refractivity contribution >= 4 is 27.6 Å². The topological polar surface area (TPSA) is 97.2 Å². The second-order valence-electron chi connectivity index (χ2n) is 4.30. The fraction of sp³-hybridized carbons (Fsp3) is 0.154. The highest BCUT2D eigenvalue weighted by atomic mass is 32.2. The second kappa shape index (κ2) is 5.82. The molecule has 6 nitrogen and oxygen atoms in total. The molecule has 0 atom stereocenters. The molecule has 2 aromatic rings. The van der Waals surface area contributed by atoms with Gasteiger partial charge < -0.3 is 5.11 Å². The van der Waals surface area contributed by atoms with Gasteiger partial charge in [0.1, 0.15) is 0 Å². The lowest BCUT2D eigenvalue weighted by Crippen LogP contribution is -2.03. The first-order valence-corrected chi connectivity index (χ1v) is 8.53. The predicted octanol–water partition coefficient (Wildman–Crippen LogP) is 2.04. The molecule has 0 amide bonds. The maximum atomic E-state index is 11.4. The molecule has 1 N–H and O–H groups in total. The minimum Gasteiger partial charge on any atom is -0.478 e. The maximum Gasteiger partial charge on any atom is 0.339 e. The SMILES string of the molecule is Cc1nc(Sc2ccc(S(C)(=O)=O)cc2)ncc1C(=O)O. The van der Waals surface area contributed by atoms with Gasteiger partial charge in [-0.2, -0.15) is 0 Å². The molecule has 0 unspecified atom stereocenters. The van der Waals surface area contributed by atoms with E-state index >= 15 is 0 Å². The number of aryl methyl sites for hydroxylation is 1. The summed E-state index contributed by atoms with van der Waals surface area (Å²) < 4.78 is 22.7. The number of aromatic nitrogens is 2. The van der Waals surface area contributed by atoms with Crippen molar-refractivity contribution in [2.24, 2.45) is 0 Å². The van der Waals surface area contributed by atoms with Crippen LogP contribution in [0, 0.1) is 6.92 Å². The lowest BCUT2D eigenvalue weighted by Gasteiger charge is -2.04. The van der Waals surface area contributed by atoms with E-state index in [2.05, 4.69) is 9.97 Å². The first kappa shape index (κ1) is 15.5. The van der Waals surface area contributed by atoms with Crippen LogP contribution in [0.3, 0.4) is 0 Å². The summed E-state index contributed by atoms with van der Waals surface area (Å²) in [5.41, 5.74) is 0.444. The highest BCUT2D eigenvalue weighted by Crippen LogP contribution is 2.26. The summed E-state index contributed by atoms with van der Waals surface area (Å²) in [7, 11) is -3.22. The van der Waals surface area contributed by atoms with E-state index in [4.69, 9.17) is 5.11 Å². The number of nitrogens with zero attached hydrogens (tertiary/aromatic N) is 2. The van der Waals surface area contributed by atoms with Gasteiger partial charge in [0, 0.05) is 17.3 Å². The van der Waals surface area contributed by atoms with E-state index in [1.807, 2.05) is 0 Å². The third kappa shape index (κ3) is 3.79. The molecule has 0 aliphatic carbocycles. The summed E-state index contributed by atoms with van der Waals surface area (Å²) in [6.45, 7) is 1.60. The zero-order valence-electron chi connectivity index (χ0n) is 11.3. The largest absolute Gasteiger partial charge is 0.478 e. The fourth-order valence-corrected chi connectivity index (χ4v) is 2.97. The molecule has 110 valence electrons. The van der Waals surface area contributed by atoms with Crippen LogP contribution in [0.2, 0.25) is 0 Å². The Bertz CT molecular complexity index is 786. The summed E-state index contributed by atoms with van der Waals surface area (Å²) in [6.07, 6.45) is 2.41. The first-order chi connectivity index (χ1) is 9.77. The molecule has 0 saturated heterocycles. The van der Waals surface area contributed by atoms with Crippen molar-refractivity contribution < 1.29 is 18.3 Å². The monoisotopic (exact) mass is 324 g/mol. The summed E-state index contributed by atoms with van der Waals surface area (Å²) >= 11 is 1.23. The van der Waals surface area contributed by atoms with Crippen molar-refractivity contribution in [3.8, 4) is 0 Å². The van der Waals surface area contributed by atoms with E-state index in [1.165, 1.54) is 30.1 Å². The van der Waals surface area contributed by atoms with Crippen LogP contribution in [0.15, 0.2) is 45.4 Å². The Kier molecular flexibility index (Phi) is 4.29. The lowest BCUT2D eigenvalue weighted by atomic mass is 10.2. The smallest absolute Gasteiger partial charge is 0.339 e. The summed E-state index contributed by atoms with van der Waals surface area (Å²) in [6, 6.07) is 6.34. The van der Waals surface area contributed by atoms with E-state index in [-0.39, 0.29) is 10.5 Å². The van der Waals surface area contributed by atoms with Gasteiger partial charge in [-0.25, -0.2) is 23.2 Å². The van der Waals surface area contributed by atoms with Crippen molar-refractivity contribution in [3.63, 3.8) is 0 Å². The van der Waals surface area contributed by atoms with Crippen molar-refractivity contribution in [2.75, 3.05) is 6.26 Å². The number of carboxylic acid groups (broad SMARTS) is 1. The van der Waals surface area contributed by atoms with Crippen LogP contribution >= 0.6 is 11.8 Å². The van der Waals surface area contributed by atoms with Crippen molar-refractivity contribution in [3.05, 3.63) is 41.7 Å². The third-order valence-corrected chi connectivity index (χ3v) is 4.66. The number of benzene rings is 1. The number of hydrogen-bond donors (Lipinski definition) is 1. The van der Waals surface area contributed by atoms with Crippen LogP contribution < -0.4 is 0 Å². The average Bonchev–Trinajstić information content (AvgIpc) is 2.38. The Morgan fingerprint density at radius 1 is 1.24 bits per heavy atom. The highest BCUT2D eigenvalue weighted by Gasteiger charge is 2.11. The van der Waals surface area contributed by atoms with Crippen LogP contribution in [-0.4, -0.2) is 35.7 Å². The molecule has 1 aromatic heterocycles. The number of hydrogen-bond acceptors (Lipinski definition) is 6. The molecule has 0 aliphatic heterocycles. The standard InChI is InChI=1S/C13H12N2O4S2/c1-8-11(12(16)17)7-14-13(15-8)20-9-3-5-10(6-4-9)21(2,18)19/h3-7H,1-2H3,(H,16,17). The van der Waals surface area contributed by atoms with Crippen LogP contribution in [0.4, 0.5) is 0 Å². The second-order valence-corrected chi connectivity index (χ2v) is 7.36. The quantitative estimate of drug-likeness (QED) is 0.859. The molecule has 1 heterocycles. The van der Waals surface area contributed by atoms with E-state index in [0.717, 1.165) is 11.2 Å². The minimum absolute atomic E-state index is 0.0618. The lowest BCUT2D eigenvalue weighted by molar-refractivity contribution is 0.0694. The molecule has 0 spiro atoms. The number of carbonyl (C=O) groups is 1. The molecule has 8 heteroatoms. The van der Waals surface area contributed by atoms with Gasteiger partial charge in [0.25, 0.3) is 0 Å².